The molecule has 3 aliphatic rings. The van der Waals surface area contributed by atoms with Gasteiger partial charge in [-0.1, -0.05) is 0 Å². The highest BCUT2D eigenvalue weighted by Crippen LogP contribution is 2.38. The van der Waals surface area contributed by atoms with Crippen LogP contribution in [0.1, 0.15) is 41.1 Å². The Morgan fingerprint density at radius 1 is 1.12 bits per heavy atom. The number of piperidine rings is 2. The van der Waals surface area contributed by atoms with Crippen molar-refractivity contribution >= 4 is 5.91 Å². The largest absolute Gasteiger partial charge is 0.471 e. The van der Waals surface area contributed by atoms with Gasteiger partial charge in [0.05, 0.1) is 30.8 Å². The molecule has 1 aliphatic carbocycles. The lowest BCUT2D eigenvalue weighted by molar-refractivity contribution is -0.141. The van der Waals surface area contributed by atoms with E-state index in [9.17, 15) is 18.0 Å². The molecule has 0 aromatic carbocycles. The molecule has 2 saturated heterocycles. The Hall–Kier alpha value is -3.57. The summed E-state index contributed by atoms with van der Waals surface area (Å²) in [6.07, 6.45) is 2.05. The normalized spacial score (nSPS) is 22.4. The zero-order valence-corrected chi connectivity index (χ0v) is 17.6. The maximum Gasteiger partial charge on any atom is 0.434 e. The molecule has 9 nitrogen and oxygen atoms in total. The molecular formula is C21H20F3N7O2. The number of nitrogens with zero attached hydrogens (tertiary/aromatic N) is 7. The number of fused-ring (bicyclic) bond motifs is 3. The number of rotatable bonds is 4. The average Bonchev–Trinajstić information content (AvgIpc) is 3.33. The van der Waals surface area contributed by atoms with Gasteiger partial charge in [0.15, 0.2) is 11.4 Å². The SMILES string of the molecule is Cc1ccc(-n2nccn2)c(C(=O)N2C[C@H]3CC[C@H]2[C@H](Oc2cnc(C(F)(F)F)cn2)C3)n1. The van der Waals surface area contributed by atoms with Crippen molar-refractivity contribution in [2.75, 3.05) is 6.54 Å². The average molecular weight is 459 g/mol. The van der Waals surface area contributed by atoms with E-state index in [2.05, 4.69) is 25.1 Å². The van der Waals surface area contributed by atoms with Crippen LogP contribution in [0.25, 0.3) is 5.69 Å². The van der Waals surface area contributed by atoms with Crippen LogP contribution in [0.3, 0.4) is 0 Å². The van der Waals surface area contributed by atoms with E-state index in [1.54, 1.807) is 24.0 Å². The molecule has 12 heteroatoms. The molecule has 0 N–H and O–H groups in total. The maximum absolute atomic E-state index is 13.6. The topological polar surface area (TPSA) is 98.9 Å². The first-order valence-electron chi connectivity index (χ1n) is 10.5. The van der Waals surface area contributed by atoms with Crippen LogP contribution in [-0.2, 0) is 6.18 Å². The van der Waals surface area contributed by atoms with Gasteiger partial charge in [-0.05, 0) is 44.2 Å². The quantitative estimate of drug-likeness (QED) is 0.592. The Kier molecular flexibility index (Phi) is 5.22. The first kappa shape index (κ1) is 21.3. The van der Waals surface area contributed by atoms with Gasteiger partial charge in [-0.25, -0.2) is 15.0 Å². The van der Waals surface area contributed by atoms with Crippen LogP contribution < -0.4 is 4.74 Å². The Labute approximate surface area is 186 Å². The van der Waals surface area contributed by atoms with E-state index < -0.39 is 18.0 Å². The first-order chi connectivity index (χ1) is 15.8. The third-order valence-corrected chi connectivity index (χ3v) is 6.02. The Morgan fingerprint density at radius 2 is 1.91 bits per heavy atom. The van der Waals surface area contributed by atoms with Gasteiger partial charge < -0.3 is 9.64 Å². The van der Waals surface area contributed by atoms with Gasteiger partial charge in [0, 0.05) is 12.2 Å². The number of pyridine rings is 1. The lowest BCUT2D eigenvalue weighted by Gasteiger charge is -2.49. The van der Waals surface area contributed by atoms with Crippen molar-refractivity contribution in [1.82, 2.24) is 34.8 Å². The molecule has 1 amide bonds. The minimum absolute atomic E-state index is 0.00283. The van der Waals surface area contributed by atoms with E-state index in [0.717, 1.165) is 19.0 Å². The van der Waals surface area contributed by atoms with Crippen molar-refractivity contribution in [2.45, 2.75) is 44.5 Å². The van der Waals surface area contributed by atoms with Crippen molar-refractivity contribution in [1.29, 1.82) is 0 Å². The summed E-state index contributed by atoms with van der Waals surface area (Å²) in [5.41, 5.74) is 0.321. The minimum Gasteiger partial charge on any atom is -0.471 e. The molecule has 2 aliphatic heterocycles. The standard InChI is InChI=1S/C21H20F3N7O2/c1-12-2-4-15(31-27-6-7-28-31)19(29-12)20(32)30-11-13-3-5-14(30)16(8-13)33-18-10-25-17(9-26-18)21(22,23)24/h2,4,6-7,9-10,13-14,16H,3,5,8,11H2,1H3/t13-,14-,16+/m0/s1. The third-order valence-electron chi connectivity index (χ3n) is 6.02. The number of hydrogen-bond acceptors (Lipinski definition) is 7. The summed E-state index contributed by atoms with van der Waals surface area (Å²) >= 11 is 0. The number of aromatic nitrogens is 6. The van der Waals surface area contributed by atoms with Crippen molar-refractivity contribution in [3.8, 4) is 11.6 Å². The number of hydrogen-bond donors (Lipinski definition) is 0. The number of halogens is 3. The molecule has 0 spiro atoms. The third kappa shape index (κ3) is 4.12. The molecule has 5 heterocycles. The minimum atomic E-state index is -4.57. The highest BCUT2D eigenvalue weighted by atomic mass is 19.4. The summed E-state index contributed by atoms with van der Waals surface area (Å²) < 4.78 is 44.2. The zero-order chi connectivity index (χ0) is 23.2. The monoisotopic (exact) mass is 459 g/mol. The number of amides is 1. The Balaban J connectivity index is 1.39. The molecule has 0 radical (unpaired) electrons. The van der Waals surface area contributed by atoms with Gasteiger partial charge in [-0.3, -0.25) is 4.79 Å². The Bertz CT molecular complexity index is 1150. The van der Waals surface area contributed by atoms with E-state index in [1.165, 1.54) is 17.2 Å². The van der Waals surface area contributed by atoms with Crippen LogP contribution in [-0.4, -0.2) is 59.4 Å². The molecule has 172 valence electrons. The fourth-order valence-corrected chi connectivity index (χ4v) is 4.51. The highest BCUT2D eigenvalue weighted by Gasteiger charge is 2.45. The number of carbonyl (C=O) groups is 1. The lowest BCUT2D eigenvalue weighted by atomic mass is 9.77. The molecule has 1 saturated carbocycles. The van der Waals surface area contributed by atoms with E-state index in [4.69, 9.17) is 4.74 Å². The van der Waals surface area contributed by atoms with E-state index in [0.29, 0.717) is 30.5 Å². The fourth-order valence-electron chi connectivity index (χ4n) is 4.51. The van der Waals surface area contributed by atoms with Gasteiger partial charge in [0.2, 0.25) is 5.88 Å². The summed E-state index contributed by atoms with van der Waals surface area (Å²) in [5.74, 6) is -0.0435. The number of aryl methyl sites for hydroxylation is 1. The van der Waals surface area contributed by atoms with Crippen LogP contribution >= 0.6 is 0 Å². The molecule has 33 heavy (non-hydrogen) atoms. The molecule has 2 bridgehead atoms. The Morgan fingerprint density at radius 3 is 2.58 bits per heavy atom. The maximum atomic E-state index is 13.6. The predicted octanol–water partition coefficient (Wildman–Crippen LogP) is 2.85. The van der Waals surface area contributed by atoms with Gasteiger partial charge in [0.1, 0.15) is 11.8 Å². The van der Waals surface area contributed by atoms with E-state index in [1.807, 2.05) is 0 Å². The molecular weight excluding hydrogens is 439 g/mol. The van der Waals surface area contributed by atoms with Crippen LogP contribution in [0.4, 0.5) is 13.2 Å². The number of ether oxygens (including phenoxy) is 1. The molecule has 3 atom stereocenters. The first-order valence-corrected chi connectivity index (χ1v) is 10.5. The summed E-state index contributed by atoms with van der Waals surface area (Å²) in [5, 5.41) is 8.24. The summed E-state index contributed by atoms with van der Waals surface area (Å²) in [6, 6.07) is 3.28. The van der Waals surface area contributed by atoms with Gasteiger partial charge in [-0.2, -0.15) is 23.4 Å². The highest BCUT2D eigenvalue weighted by molar-refractivity contribution is 5.96. The van der Waals surface area contributed by atoms with Crippen molar-refractivity contribution in [3.05, 3.63) is 54.0 Å². The second-order valence-corrected chi connectivity index (χ2v) is 8.24. The van der Waals surface area contributed by atoms with Crippen LogP contribution in [0.2, 0.25) is 0 Å². The molecule has 3 aromatic rings. The van der Waals surface area contributed by atoms with Gasteiger partial charge in [-0.15, -0.1) is 4.80 Å². The lowest BCUT2D eigenvalue weighted by Crippen LogP contribution is -2.59. The number of alkyl halides is 3. The summed E-state index contributed by atoms with van der Waals surface area (Å²) in [4.78, 5) is 28.3. The van der Waals surface area contributed by atoms with Gasteiger partial charge in [0.25, 0.3) is 5.91 Å². The van der Waals surface area contributed by atoms with E-state index in [-0.39, 0.29) is 29.4 Å². The zero-order valence-electron chi connectivity index (χ0n) is 17.6. The van der Waals surface area contributed by atoms with Gasteiger partial charge >= 0.3 is 6.18 Å². The molecule has 0 unspecified atom stereocenters. The second-order valence-electron chi connectivity index (χ2n) is 8.24. The fraction of sp³-hybridized carbons (Fsp3) is 0.429. The van der Waals surface area contributed by atoms with Crippen molar-refractivity contribution in [3.63, 3.8) is 0 Å². The van der Waals surface area contributed by atoms with Crippen molar-refractivity contribution in [2.24, 2.45) is 5.92 Å². The predicted molar refractivity (Wildman–Crippen MR) is 108 cm³/mol. The summed E-state index contributed by atoms with van der Waals surface area (Å²) in [7, 11) is 0. The summed E-state index contributed by atoms with van der Waals surface area (Å²) in [6.45, 7) is 2.36. The van der Waals surface area contributed by atoms with Crippen molar-refractivity contribution < 1.29 is 22.7 Å². The smallest absolute Gasteiger partial charge is 0.434 e. The number of carbonyl (C=O) groups excluding carboxylic acids is 1. The molecule has 3 aromatic heterocycles. The van der Waals surface area contributed by atoms with Crippen LogP contribution in [0.5, 0.6) is 5.88 Å². The second kappa shape index (κ2) is 8.09. The van der Waals surface area contributed by atoms with Crippen LogP contribution in [0.15, 0.2) is 36.9 Å². The molecule has 3 fully saturated rings. The van der Waals surface area contributed by atoms with Crippen LogP contribution in [0, 0.1) is 12.8 Å². The molecule has 6 rings (SSSR count). The van der Waals surface area contributed by atoms with E-state index >= 15 is 0 Å².